The minimum atomic E-state index is -3.59. The van der Waals surface area contributed by atoms with E-state index >= 15 is 0 Å². The zero-order valence-corrected chi connectivity index (χ0v) is 9.12. The summed E-state index contributed by atoms with van der Waals surface area (Å²) >= 11 is 0. The molecular formula is C7H15N3O4S. The van der Waals surface area contributed by atoms with Crippen LogP contribution >= 0.6 is 0 Å². The third-order valence-corrected chi connectivity index (χ3v) is 3.27. The summed E-state index contributed by atoms with van der Waals surface area (Å²) in [6, 6.07) is -1.04. The number of primary amides is 1. The lowest BCUT2D eigenvalue weighted by atomic mass is 10.4. The molecule has 0 atom stereocenters. The summed E-state index contributed by atoms with van der Waals surface area (Å²) in [4.78, 5) is 12.3. The molecule has 0 spiro atoms. The summed E-state index contributed by atoms with van der Waals surface area (Å²) in [6.07, 6.45) is 0. The Morgan fingerprint density at radius 3 is 2.53 bits per heavy atom. The lowest BCUT2D eigenvalue weighted by Gasteiger charge is -2.26. The number of carbonyl (C=O) groups excluding carboxylic acids is 1. The molecule has 0 aliphatic carbocycles. The summed E-state index contributed by atoms with van der Waals surface area (Å²) in [5.41, 5.74) is 4.72. The minimum Gasteiger partial charge on any atom is -0.379 e. The average Bonchev–Trinajstić information content (AvgIpc) is 2.15. The van der Waals surface area contributed by atoms with Crippen molar-refractivity contribution in [1.29, 1.82) is 0 Å². The van der Waals surface area contributed by atoms with Gasteiger partial charge in [0, 0.05) is 19.6 Å². The van der Waals surface area contributed by atoms with Gasteiger partial charge in [0.1, 0.15) is 0 Å². The molecule has 0 aromatic rings. The summed E-state index contributed by atoms with van der Waals surface area (Å²) in [6.45, 7) is 3.04. The second-order valence-corrected chi connectivity index (χ2v) is 5.08. The minimum absolute atomic E-state index is 0.129. The highest BCUT2D eigenvalue weighted by Crippen LogP contribution is 1.97. The number of rotatable bonds is 4. The first-order chi connectivity index (χ1) is 6.99. The van der Waals surface area contributed by atoms with Gasteiger partial charge in [-0.1, -0.05) is 0 Å². The number of nitrogens with two attached hydrogens (primary N) is 1. The fourth-order valence-electron chi connectivity index (χ4n) is 1.28. The second-order valence-electron chi connectivity index (χ2n) is 3.24. The normalized spacial score (nSPS) is 18.7. The van der Waals surface area contributed by atoms with E-state index in [9.17, 15) is 13.2 Å². The molecular weight excluding hydrogens is 222 g/mol. The SMILES string of the molecule is NC(=O)NS(=O)(=O)CCN1CCOCC1. The van der Waals surface area contributed by atoms with Crippen LogP contribution in [-0.2, 0) is 14.8 Å². The predicted octanol–water partition coefficient (Wildman–Crippen LogP) is -1.68. The summed E-state index contributed by atoms with van der Waals surface area (Å²) in [7, 11) is -3.59. The van der Waals surface area contributed by atoms with Gasteiger partial charge in [-0.25, -0.2) is 17.9 Å². The average molecular weight is 237 g/mol. The highest BCUT2D eigenvalue weighted by Gasteiger charge is 2.16. The quantitative estimate of drug-likeness (QED) is 0.608. The Morgan fingerprint density at radius 1 is 1.40 bits per heavy atom. The van der Waals surface area contributed by atoms with Gasteiger partial charge in [-0.3, -0.25) is 4.90 Å². The van der Waals surface area contributed by atoms with Crippen LogP contribution in [0.5, 0.6) is 0 Å². The zero-order chi connectivity index (χ0) is 11.3. The fourth-order valence-corrected chi connectivity index (χ4v) is 2.19. The van der Waals surface area contributed by atoms with Gasteiger partial charge in [-0.2, -0.15) is 0 Å². The van der Waals surface area contributed by atoms with Crippen molar-refractivity contribution in [2.45, 2.75) is 0 Å². The topological polar surface area (TPSA) is 102 Å². The van der Waals surface area contributed by atoms with Gasteiger partial charge >= 0.3 is 6.03 Å². The van der Waals surface area contributed by atoms with Crippen molar-refractivity contribution in [1.82, 2.24) is 9.62 Å². The van der Waals surface area contributed by atoms with Crippen molar-refractivity contribution in [3.63, 3.8) is 0 Å². The smallest absolute Gasteiger partial charge is 0.325 e. The van der Waals surface area contributed by atoms with Crippen LogP contribution in [0.4, 0.5) is 4.79 Å². The maximum Gasteiger partial charge on any atom is 0.325 e. The van der Waals surface area contributed by atoms with Crippen molar-refractivity contribution < 1.29 is 17.9 Å². The van der Waals surface area contributed by atoms with E-state index in [0.717, 1.165) is 0 Å². The number of nitrogens with zero attached hydrogens (tertiary/aromatic N) is 1. The van der Waals surface area contributed by atoms with Gasteiger partial charge in [0.2, 0.25) is 10.0 Å². The Morgan fingerprint density at radius 2 is 2.00 bits per heavy atom. The molecule has 0 saturated carbocycles. The number of hydrogen-bond acceptors (Lipinski definition) is 5. The molecule has 15 heavy (non-hydrogen) atoms. The molecule has 0 aromatic carbocycles. The molecule has 0 radical (unpaired) electrons. The van der Waals surface area contributed by atoms with E-state index in [0.29, 0.717) is 32.8 Å². The van der Waals surface area contributed by atoms with E-state index in [2.05, 4.69) is 0 Å². The van der Waals surface area contributed by atoms with Crippen LogP contribution in [0.2, 0.25) is 0 Å². The van der Waals surface area contributed by atoms with Crippen molar-refractivity contribution in [3.8, 4) is 0 Å². The van der Waals surface area contributed by atoms with Crippen LogP contribution in [0, 0.1) is 0 Å². The molecule has 0 unspecified atom stereocenters. The number of nitrogens with one attached hydrogen (secondary N) is 1. The molecule has 0 aromatic heterocycles. The molecule has 1 rings (SSSR count). The Labute approximate surface area is 88.6 Å². The van der Waals surface area contributed by atoms with E-state index in [-0.39, 0.29) is 5.75 Å². The number of hydrogen-bond donors (Lipinski definition) is 2. The maximum atomic E-state index is 11.2. The number of urea groups is 1. The van der Waals surface area contributed by atoms with Gasteiger partial charge in [-0.15, -0.1) is 0 Å². The Kier molecular flexibility index (Phi) is 4.30. The largest absolute Gasteiger partial charge is 0.379 e. The van der Waals surface area contributed by atoms with E-state index in [1.807, 2.05) is 4.90 Å². The van der Waals surface area contributed by atoms with Gasteiger partial charge < -0.3 is 10.5 Å². The van der Waals surface area contributed by atoms with E-state index < -0.39 is 16.1 Å². The number of carbonyl (C=O) groups is 1. The summed E-state index contributed by atoms with van der Waals surface area (Å²) < 4.78 is 29.3. The molecule has 2 amide bonds. The van der Waals surface area contributed by atoms with Crippen molar-refractivity contribution in [2.75, 3.05) is 38.6 Å². The van der Waals surface area contributed by atoms with Crippen molar-refractivity contribution in [2.24, 2.45) is 5.73 Å². The standard InChI is InChI=1S/C7H15N3O4S/c8-7(11)9-15(12,13)6-3-10-1-4-14-5-2-10/h1-6H2,(H3,8,9,11). The van der Waals surface area contributed by atoms with Crippen LogP contribution in [0.3, 0.4) is 0 Å². The van der Waals surface area contributed by atoms with Gasteiger partial charge in [0.15, 0.2) is 0 Å². The Hall–Kier alpha value is -0.860. The van der Waals surface area contributed by atoms with Crippen LogP contribution in [0.15, 0.2) is 0 Å². The third-order valence-electron chi connectivity index (χ3n) is 2.04. The molecule has 88 valence electrons. The van der Waals surface area contributed by atoms with E-state index in [1.165, 1.54) is 0 Å². The molecule has 8 heteroatoms. The lowest BCUT2D eigenvalue weighted by molar-refractivity contribution is 0.0408. The number of morpholine rings is 1. The highest BCUT2D eigenvalue weighted by atomic mass is 32.2. The molecule has 1 fully saturated rings. The fraction of sp³-hybridized carbons (Fsp3) is 0.857. The van der Waals surface area contributed by atoms with Crippen molar-refractivity contribution in [3.05, 3.63) is 0 Å². The van der Waals surface area contributed by atoms with Crippen molar-refractivity contribution >= 4 is 16.1 Å². The summed E-state index contributed by atoms with van der Waals surface area (Å²) in [5, 5.41) is 0. The third kappa shape index (κ3) is 4.96. The number of sulfonamides is 1. The molecule has 1 aliphatic heterocycles. The molecule has 1 aliphatic rings. The lowest BCUT2D eigenvalue weighted by Crippen LogP contribution is -2.43. The summed E-state index contributed by atoms with van der Waals surface area (Å²) in [5.74, 6) is -0.129. The zero-order valence-electron chi connectivity index (χ0n) is 8.31. The molecule has 1 saturated heterocycles. The molecule has 0 bridgehead atoms. The van der Waals surface area contributed by atoms with Gasteiger partial charge in [0.25, 0.3) is 0 Å². The van der Waals surface area contributed by atoms with Gasteiger partial charge in [-0.05, 0) is 0 Å². The van der Waals surface area contributed by atoms with Gasteiger partial charge in [0.05, 0.1) is 19.0 Å². The van der Waals surface area contributed by atoms with Crippen LogP contribution < -0.4 is 10.5 Å². The Balaban J connectivity index is 2.31. The van der Waals surface area contributed by atoms with Crippen LogP contribution in [0.1, 0.15) is 0 Å². The first-order valence-corrected chi connectivity index (χ1v) is 6.25. The predicted molar refractivity (Wildman–Crippen MR) is 53.8 cm³/mol. The first kappa shape index (κ1) is 12.2. The van der Waals surface area contributed by atoms with E-state index in [4.69, 9.17) is 10.5 Å². The molecule has 7 nitrogen and oxygen atoms in total. The van der Waals surface area contributed by atoms with Crippen LogP contribution in [0.25, 0.3) is 0 Å². The maximum absolute atomic E-state index is 11.2. The first-order valence-electron chi connectivity index (χ1n) is 4.59. The molecule has 3 N–H and O–H groups in total. The highest BCUT2D eigenvalue weighted by molar-refractivity contribution is 7.90. The van der Waals surface area contributed by atoms with Crippen LogP contribution in [-0.4, -0.2) is 57.9 Å². The number of ether oxygens (including phenoxy) is 1. The monoisotopic (exact) mass is 237 g/mol. The van der Waals surface area contributed by atoms with E-state index in [1.54, 1.807) is 4.72 Å². The molecule has 1 heterocycles. The second kappa shape index (κ2) is 5.29. The number of amides is 2. The Bertz CT molecular complexity index is 310.